The quantitative estimate of drug-likeness (QED) is 0.0936. The lowest BCUT2D eigenvalue weighted by molar-refractivity contribution is -0.384. The van der Waals surface area contributed by atoms with Crippen LogP contribution < -0.4 is 0 Å². The van der Waals surface area contributed by atoms with E-state index in [1.807, 2.05) is 0 Å². The minimum absolute atomic E-state index is 0.0187. The SMILES string of the molecule is CCCC(=O)OC[C@H]1O[C@@](COC(C)=O)(O[C@H]2O[C@H](COC(=O)CCC)[C@@H](OC(=O)CCC)[C@H](OC(=O)CCC)[C@H]2OC(=O)CCC)[C@@H](OC(C)=O)[C@@H]1OC(=O)CCC. The lowest BCUT2D eigenvalue weighted by atomic mass is 9.97. The fourth-order valence-electron chi connectivity index (χ4n) is 6.15. The molecule has 0 amide bonds. The number of rotatable bonds is 25. The molecule has 2 aliphatic rings. The van der Waals surface area contributed by atoms with Crippen LogP contribution in [-0.4, -0.2) is 122 Å². The highest BCUT2D eigenvalue weighted by Gasteiger charge is 2.65. The van der Waals surface area contributed by atoms with Crippen LogP contribution >= 0.6 is 0 Å². The molecule has 9 atom stereocenters. The normalized spacial score (nSPS) is 26.2. The first-order valence-corrected chi connectivity index (χ1v) is 20.5. The van der Waals surface area contributed by atoms with Crippen molar-refractivity contribution >= 4 is 47.8 Å². The maximum Gasteiger partial charge on any atom is 0.306 e. The molecule has 0 aliphatic carbocycles. The van der Waals surface area contributed by atoms with E-state index in [0.717, 1.165) is 13.8 Å². The molecule has 0 unspecified atom stereocenters. The summed E-state index contributed by atoms with van der Waals surface area (Å²) in [6.07, 6.45) is -11.2. The van der Waals surface area contributed by atoms with E-state index < -0.39 is 122 Å². The Balaban J connectivity index is 2.92. The van der Waals surface area contributed by atoms with Crippen molar-refractivity contribution in [3.05, 3.63) is 0 Å². The molecule has 336 valence electrons. The Morgan fingerprint density at radius 2 is 0.864 bits per heavy atom. The molecule has 2 rings (SSSR count). The zero-order chi connectivity index (χ0) is 44.1. The Labute approximate surface area is 345 Å². The van der Waals surface area contributed by atoms with E-state index in [1.54, 1.807) is 41.5 Å². The molecular weight excluding hydrogens is 784 g/mol. The molecule has 2 aliphatic heterocycles. The van der Waals surface area contributed by atoms with Gasteiger partial charge in [-0.05, 0) is 38.5 Å². The molecule has 0 aromatic carbocycles. The highest BCUT2D eigenvalue weighted by molar-refractivity contribution is 5.72. The number of hydrogen-bond donors (Lipinski definition) is 0. The maximum atomic E-state index is 13.3. The lowest BCUT2D eigenvalue weighted by Gasteiger charge is -2.46. The van der Waals surface area contributed by atoms with Gasteiger partial charge < -0.3 is 52.1 Å². The fraction of sp³-hybridized carbons (Fsp3) is 0.800. The number of hydrogen-bond acceptors (Lipinski definition) is 19. The Morgan fingerprint density at radius 3 is 1.31 bits per heavy atom. The summed E-state index contributed by atoms with van der Waals surface area (Å²) in [5, 5.41) is 0. The Kier molecular flexibility index (Phi) is 22.4. The van der Waals surface area contributed by atoms with Crippen molar-refractivity contribution in [2.75, 3.05) is 19.8 Å². The standard InChI is InChI=1S/C40H62O19/c1-9-15-28(43)49-21-26-34(54-30(45)17-11-3)36(56-32(47)19-13-5)37(57-33(48)20-14-6)39(53-26)59-40(23-51-24(7)41)38(52-25(8)42)35(55-31(46)18-12-4)27(58-40)22-50-29(44)16-10-2/h26-27,34-39H,9-23H2,1-8H3/t26-,27-,34-,35-,36+,37-,38+,39-,40+/m1/s1. The molecule has 0 aromatic rings. The second-order valence-electron chi connectivity index (χ2n) is 14.1. The number of esters is 8. The molecule has 19 nitrogen and oxygen atoms in total. The molecule has 59 heavy (non-hydrogen) atoms. The predicted molar refractivity (Wildman–Crippen MR) is 200 cm³/mol. The van der Waals surface area contributed by atoms with Gasteiger partial charge in [0.05, 0.1) is 0 Å². The molecule has 0 bridgehead atoms. The van der Waals surface area contributed by atoms with Crippen LogP contribution in [0.1, 0.15) is 132 Å². The second kappa shape index (κ2) is 26.0. The van der Waals surface area contributed by atoms with Gasteiger partial charge in [0.2, 0.25) is 12.1 Å². The fourth-order valence-corrected chi connectivity index (χ4v) is 6.15. The van der Waals surface area contributed by atoms with Gasteiger partial charge in [-0.15, -0.1) is 0 Å². The first-order chi connectivity index (χ1) is 28.1. The Bertz CT molecular complexity index is 1420. The summed E-state index contributed by atoms with van der Waals surface area (Å²) in [6, 6.07) is 0. The van der Waals surface area contributed by atoms with Crippen molar-refractivity contribution < 1.29 is 90.5 Å². The van der Waals surface area contributed by atoms with Crippen molar-refractivity contribution in [1.29, 1.82) is 0 Å². The minimum Gasteiger partial charge on any atom is -0.463 e. The van der Waals surface area contributed by atoms with Gasteiger partial charge in [0, 0.05) is 52.4 Å². The Morgan fingerprint density at radius 1 is 0.458 bits per heavy atom. The summed E-state index contributed by atoms with van der Waals surface area (Å²) in [6.45, 7) is 10.5. The average Bonchev–Trinajstić information content (AvgIpc) is 3.42. The van der Waals surface area contributed by atoms with Crippen LogP contribution in [0.25, 0.3) is 0 Å². The molecule has 2 fully saturated rings. The lowest BCUT2D eigenvalue weighted by Crippen LogP contribution is -2.66. The summed E-state index contributed by atoms with van der Waals surface area (Å²) < 4.78 is 64.6. The van der Waals surface area contributed by atoms with Crippen molar-refractivity contribution in [1.82, 2.24) is 0 Å². The zero-order valence-corrected chi connectivity index (χ0v) is 35.5. The summed E-state index contributed by atoms with van der Waals surface area (Å²) in [5.74, 6) is -8.64. The van der Waals surface area contributed by atoms with Crippen LogP contribution in [0.15, 0.2) is 0 Å². The first kappa shape index (κ1) is 50.8. The van der Waals surface area contributed by atoms with Crippen molar-refractivity contribution in [3.8, 4) is 0 Å². The van der Waals surface area contributed by atoms with Gasteiger partial charge in [-0.25, -0.2) is 0 Å². The second-order valence-corrected chi connectivity index (χ2v) is 14.1. The third-order valence-corrected chi connectivity index (χ3v) is 8.74. The topological polar surface area (TPSA) is 238 Å². The number of carbonyl (C=O) groups excluding carboxylic acids is 8. The third kappa shape index (κ3) is 16.3. The number of ether oxygens (including phenoxy) is 11. The zero-order valence-electron chi connectivity index (χ0n) is 35.5. The van der Waals surface area contributed by atoms with E-state index in [9.17, 15) is 38.4 Å². The van der Waals surface area contributed by atoms with Crippen LogP contribution in [-0.2, 0) is 90.5 Å². The molecule has 0 N–H and O–H groups in total. The first-order valence-electron chi connectivity index (χ1n) is 20.5. The van der Waals surface area contributed by atoms with Gasteiger partial charge in [-0.3, -0.25) is 38.4 Å². The summed E-state index contributed by atoms with van der Waals surface area (Å²) in [4.78, 5) is 103. The van der Waals surface area contributed by atoms with Crippen LogP contribution in [0, 0.1) is 0 Å². The van der Waals surface area contributed by atoms with E-state index in [2.05, 4.69) is 0 Å². The van der Waals surface area contributed by atoms with E-state index in [-0.39, 0.29) is 38.5 Å². The van der Waals surface area contributed by atoms with Gasteiger partial charge in [0.25, 0.3) is 0 Å². The smallest absolute Gasteiger partial charge is 0.306 e. The van der Waals surface area contributed by atoms with Crippen LogP contribution in [0.4, 0.5) is 0 Å². The monoisotopic (exact) mass is 846 g/mol. The van der Waals surface area contributed by atoms with E-state index in [4.69, 9.17) is 52.1 Å². The molecule has 19 heteroatoms. The highest BCUT2D eigenvalue weighted by atomic mass is 16.8. The molecule has 0 radical (unpaired) electrons. The van der Waals surface area contributed by atoms with Crippen LogP contribution in [0.5, 0.6) is 0 Å². The van der Waals surface area contributed by atoms with Crippen LogP contribution in [0.3, 0.4) is 0 Å². The van der Waals surface area contributed by atoms with Gasteiger partial charge in [0.15, 0.2) is 30.5 Å². The maximum absolute atomic E-state index is 13.3. The van der Waals surface area contributed by atoms with Gasteiger partial charge in [-0.1, -0.05) is 41.5 Å². The van der Waals surface area contributed by atoms with Gasteiger partial charge >= 0.3 is 47.8 Å². The number of carbonyl (C=O) groups is 8. The van der Waals surface area contributed by atoms with Crippen molar-refractivity contribution in [2.24, 2.45) is 0 Å². The van der Waals surface area contributed by atoms with Gasteiger partial charge in [0.1, 0.15) is 32.0 Å². The molecule has 2 heterocycles. The molecule has 0 saturated carbocycles. The third-order valence-electron chi connectivity index (χ3n) is 8.74. The van der Waals surface area contributed by atoms with Crippen molar-refractivity contribution in [3.63, 3.8) is 0 Å². The molecular formula is C40H62O19. The Hall–Kier alpha value is -4.36. The van der Waals surface area contributed by atoms with E-state index in [0.29, 0.717) is 38.5 Å². The highest BCUT2D eigenvalue weighted by Crippen LogP contribution is 2.42. The van der Waals surface area contributed by atoms with Gasteiger partial charge in [-0.2, -0.15) is 0 Å². The average molecular weight is 847 g/mol. The van der Waals surface area contributed by atoms with E-state index in [1.165, 1.54) is 0 Å². The molecule has 2 saturated heterocycles. The molecule has 0 aromatic heterocycles. The minimum atomic E-state index is -2.50. The summed E-state index contributed by atoms with van der Waals surface area (Å²) in [5.41, 5.74) is 0. The largest absolute Gasteiger partial charge is 0.463 e. The molecule has 0 spiro atoms. The summed E-state index contributed by atoms with van der Waals surface area (Å²) in [7, 11) is 0. The van der Waals surface area contributed by atoms with Crippen LogP contribution in [0.2, 0.25) is 0 Å². The predicted octanol–water partition coefficient (Wildman–Crippen LogP) is 3.85. The van der Waals surface area contributed by atoms with Crippen molar-refractivity contribution in [2.45, 2.75) is 187 Å². The van der Waals surface area contributed by atoms with E-state index >= 15 is 0 Å². The summed E-state index contributed by atoms with van der Waals surface area (Å²) >= 11 is 0.